The minimum atomic E-state index is -0.112. The molecule has 3 aromatic rings. The largest absolute Gasteiger partial charge is 0.493 e. The molecule has 2 N–H and O–H groups in total. The summed E-state index contributed by atoms with van der Waals surface area (Å²) < 4.78 is 11.2. The lowest BCUT2D eigenvalue weighted by molar-refractivity contribution is -0.118. The standard InChI is InChI=1S/C23H26N4O4S2/c1-30-18-10-8-17(14-19(18)31-2)12-13-24-21(29)15-32-23-27-26-22(33-23)25-20(28)11-9-16-6-4-3-5-7-16/h3-8,10,14H,9,11-13,15H2,1-2H3,(H,24,29)(H,25,26,28). The van der Waals surface area contributed by atoms with E-state index in [-0.39, 0.29) is 17.6 Å². The van der Waals surface area contributed by atoms with Crippen LogP contribution in [-0.4, -0.2) is 48.5 Å². The van der Waals surface area contributed by atoms with Crippen LogP contribution in [0.1, 0.15) is 17.5 Å². The summed E-state index contributed by atoms with van der Waals surface area (Å²) in [5, 5.41) is 14.1. The van der Waals surface area contributed by atoms with Crippen molar-refractivity contribution in [2.75, 3.05) is 31.8 Å². The average Bonchev–Trinajstić information content (AvgIpc) is 3.29. The second-order valence-corrected chi connectivity index (χ2v) is 9.18. The van der Waals surface area contributed by atoms with Crippen LogP contribution in [0.5, 0.6) is 11.5 Å². The van der Waals surface area contributed by atoms with Gasteiger partial charge >= 0.3 is 0 Å². The Kier molecular flexibility index (Phi) is 9.52. The van der Waals surface area contributed by atoms with Gasteiger partial charge in [-0.25, -0.2) is 0 Å². The molecule has 0 aliphatic heterocycles. The summed E-state index contributed by atoms with van der Waals surface area (Å²) in [6.07, 6.45) is 1.71. The minimum Gasteiger partial charge on any atom is -0.493 e. The van der Waals surface area contributed by atoms with Gasteiger partial charge in [-0.2, -0.15) is 0 Å². The van der Waals surface area contributed by atoms with E-state index >= 15 is 0 Å². The third kappa shape index (κ3) is 8.07. The van der Waals surface area contributed by atoms with E-state index in [0.29, 0.717) is 46.8 Å². The molecule has 0 spiro atoms. The summed E-state index contributed by atoms with van der Waals surface area (Å²) in [6.45, 7) is 0.508. The second-order valence-electron chi connectivity index (χ2n) is 6.98. The van der Waals surface area contributed by atoms with Crippen LogP contribution in [0, 0.1) is 0 Å². The fourth-order valence-electron chi connectivity index (χ4n) is 2.96. The molecule has 0 fully saturated rings. The SMILES string of the molecule is COc1ccc(CCNC(=O)CSc2nnc(NC(=O)CCc3ccccc3)s2)cc1OC. The number of benzene rings is 2. The van der Waals surface area contributed by atoms with Gasteiger partial charge in [0, 0.05) is 13.0 Å². The van der Waals surface area contributed by atoms with Crippen molar-refractivity contribution in [1.82, 2.24) is 15.5 Å². The maximum absolute atomic E-state index is 12.1. The summed E-state index contributed by atoms with van der Waals surface area (Å²) in [5.41, 5.74) is 2.15. The van der Waals surface area contributed by atoms with Gasteiger partial charge in [0.2, 0.25) is 16.9 Å². The first-order chi connectivity index (χ1) is 16.1. The number of thioether (sulfide) groups is 1. The van der Waals surface area contributed by atoms with Gasteiger partial charge in [-0.15, -0.1) is 10.2 Å². The summed E-state index contributed by atoms with van der Waals surface area (Å²) in [5.74, 6) is 1.35. The van der Waals surface area contributed by atoms with Gasteiger partial charge < -0.3 is 20.1 Å². The van der Waals surface area contributed by atoms with Crippen LogP contribution in [0.15, 0.2) is 52.9 Å². The van der Waals surface area contributed by atoms with Crippen LogP contribution in [0.3, 0.4) is 0 Å². The van der Waals surface area contributed by atoms with E-state index in [4.69, 9.17) is 9.47 Å². The van der Waals surface area contributed by atoms with E-state index < -0.39 is 0 Å². The smallest absolute Gasteiger partial charge is 0.230 e. The lowest BCUT2D eigenvalue weighted by atomic mass is 10.1. The molecule has 1 heterocycles. The number of nitrogens with one attached hydrogen (secondary N) is 2. The molecule has 2 amide bonds. The molecule has 0 saturated heterocycles. The zero-order valence-corrected chi connectivity index (χ0v) is 20.1. The summed E-state index contributed by atoms with van der Waals surface area (Å²) >= 11 is 2.55. The highest BCUT2D eigenvalue weighted by atomic mass is 32.2. The Morgan fingerprint density at radius 1 is 0.939 bits per heavy atom. The summed E-state index contributed by atoms with van der Waals surface area (Å²) in [4.78, 5) is 24.3. The Bertz CT molecular complexity index is 1060. The van der Waals surface area contributed by atoms with Crippen molar-refractivity contribution in [3.8, 4) is 11.5 Å². The number of carbonyl (C=O) groups excluding carboxylic acids is 2. The molecular formula is C23H26N4O4S2. The normalized spacial score (nSPS) is 10.5. The molecule has 3 rings (SSSR count). The van der Waals surface area contributed by atoms with Crippen LogP contribution in [0.25, 0.3) is 0 Å². The number of hydrogen-bond acceptors (Lipinski definition) is 8. The van der Waals surface area contributed by atoms with Gasteiger partial charge in [-0.3, -0.25) is 9.59 Å². The van der Waals surface area contributed by atoms with E-state index in [1.165, 1.54) is 23.1 Å². The van der Waals surface area contributed by atoms with E-state index in [1.54, 1.807) is 14.2 Å². The monoisotopic (exact) mass is 486 g/mol. The topological polar surface area (TPSA) is 102 Å². The lowest BCUT2D eigenvalue weighted by Crippen LogP contribution is -2.27. The number of rotatable bonds is 12. The van der Waals surface area contributed by atoms with Crippen LogP contribution in [0.4, 0.5) is 5.13 Å². The average molecular weight is 487 g/mol. The third-order valence-corrected chi connectivity index (χ3v) is 6.62. The first-order valence-corrected chi connectivity index (χ1v) is 12.1. The molecule has 33 heavy (non-hydrogen) atoms. The van der Waals surface area contributed by atoms with Gasteiger partial charge in [0.25, 0.3) is 0 Å². The fraction of sp³-hybridized carbons (Fsp3) is 0.304. The minimum absolute atomic E-state index is 0.0934. The van der Waals surface area contributed by atoms with Crippen molar-refractivity contribution in [2.24, 2.45) is 0 Å². The maximum atomic E-state index is 12.1. The number of amides is 2. The molecule has 174 valence electrons. The predicted octanol–water partition coefficient (Wildman–Crippen LogP) is 3.58. The Morgan fingerprint density at radius 3 is 2.48 bits per heavy atom. The van der Waals surface area contributed by atoms with E-state index in [2.05, 4.69) is 20.8 Å². The zero-order chi connectivity index (χ0) is 23.5. The van der Waals surface area contributed by atoms with Crippen molar-refractivity contribution in [1.29, 1.82) is 0 Å². The zero-order valence-electron chi connectivity index (χ0n) is 18.5. The maximum Gasteiger partial charge on any atom is 0.230 e. The molecule has 10 heteroatoms. The molecule has 0 bridgehead atoms. The number of carbonyl (C=O) groups is 2. The molecule has 0 atom stereocenters. The summed E-state index contributed by atoms with van der Waals surface area (Å²) in [6, 6.07) is 15.5. The number of ether oxygens (including phenoxy) is 2. The highest BCUT2D eigenvalue weighted by Gasteiger charge is 2.11. The fourth-order valence-corrected chi connectivity index (χ4v) is 4.56. The van der Waals surface area contributed by atoms with Crippen LogP contribution in [0.2, 0.25) is 0 Å². The number of anilines is 1. The van der Waals surface area contributed by atoms with Crippen LogP contribution in [-0.2, 0) is 22.4 Å². The van der Waals surface area contributed by atoms with E-state index in [1.807, 2.05) is 48.5 Å². The Morgan fingerprint density at radius 2 is 1.73 bits per heavy atom. The number of aryl methyl sites for hydroxylation is 1. The first kappa shape index (κ1) is 24.5. The van der Waals surface area contributed by atoms with Crippen molar-refractivity contribution in [2.45, 2.75) is 23.6 Å². The van der Waals surface area contributed by atoms with Crippen molar-refractivity contribution >= 4 is 40.0 Å². The number of nitrogens with zero attached hydrogens (tertiary/aromatic N) is 2. The van der Waals surface area contributed by atoms with Crippen molar-refractivity contribution in [3.63, 3.8) is 0 Å². The molecule has 0 aliphatic carbocycles. The van der Waals surface area contributed by atoms with Crippen LogP contribution >= 0.6 is 23.1 Å². The highest BCUT2D eigenvalue weighted by molar-refractivity contribution is 8.01. The van der Waals surface area contributed by atoms with E-state index in [0.717, 1.165) is 11.1 Å². The molecular weight excluding hydrogens is 460 g/mol. The molecule has 0 radical (unpaired) electrons. The van der Waals surface area contributed by atoms with Gasteiger partial charge in [0.05, 0.1) is 20.0 Å². The van der Waals surface area contributed by atoms with E-state index in [9.17, 15) is 9.59 Å². The van der Waals surface area contributed by atoms with Gasteiger partial charge in [-0.1, -0.05) is 59.5 Å². The molecule has 0 unspecified atom stereocenters. The van der Waals surface area contributed by atoms with Crippen molar-refractivity contribution in [3.05, 3.63) is 59.7 Å². The molecule has 2 aromatic carbocycles. The van der Waals surface area contributed by atoms with Gasteiger partial charge in [-0.05, 0) is 36.1 Å². The Hall–Kier alpha value is -3.11. The molecule has 1 aromatic heterocycles. The number of aromatic nitrogens is 2. The quantitative estimate of drug-likeness (QED) is 0.298. The Balaban J connectivity index is 1.35. The first-order valence-electron chi connectivity index (χ1n) is 10.3. The number of methoxy groups -OCH3 is 2. The molecule has 8 nitrogen and oxygen atoms in total. The lowest BCUT2D eigenvalue weighted by Gasteiger charge is -2.10. The van der Waals surface area contributed by atoms with Gasteiger partial charge in [0.15, 0.2) is 15.8 Å². The summed E-state index contributed by atoms with van der Waals surface area (Å²) in [7, 11) is 3.19. The molecule has 0 saturated carbocycles. The second kappa shape index (κ2) is 12.8. The predicted molar refractivity (Wildman–Crippen MR) is 130 cm³/mol. The number of hydrogen-bond donors (Lipinski definition) is 2. The van der Waals surface area contributed by atoms with Crippen molar-refractivity contribution < 1.29 is 19.1 Å². The third-order valence-electron chi connectivity index (χ3n) is 4.65. The molecule has 0 aliphatic rings. The van der Waals surface area contributed by atoms with Crippen LogP contribution < -0.4 is 20.1 Å². The Labute approximate surface area is 201 Å². The van der Waals surface area contributed by atoms with Gasteiger partial charge in [0.1, 0.15) is 0 Å². The highest BCUT2D eigenvalue weighted by Crippen LogP contribution is 2.28.